The van der Waals surface area contributed by atoms with E-state index >= 15 is 0 Å². The number of rotatable bonds is 10. The van der Waals surface area contributed by atoms with E-state index in [1.807, 2.05) is 47.4 Å². The Morgan fingerprint density at radius 2 is 1.97 bits per heavy atom. The number of carboxylic acid groups (broad SMARTS) is 1. The van der Waals surface area contributed by atoms with E-state index in [0.717, 1.165) is 55.2 Å². The van der Waals surface area contributed by atoms with E-state index in [9.17, 15) is 9.59 Å². The lowest BCUT2D eigenvalue weighted by molar-refractivity contribution is -0.136. The number of fused-ring (bicyclic) bond motifs is 1. The van der Waals surface area contributed by atoms with E-state index in [-0.39, 0.29) is 12.3 Å². The number of carbonyl (C=O) groups is 2. The van der Waals surface area contributed by atoms with Gasteiger partial charge in [0, 0.05) is 61.3 Å². The van der Waals surface area contributed by atoms with Gasteiger partial charge in [-0.15, -0.1) is 0 Å². The highest BCUT2D eigenvalue weighted by atomic mass is 16.5. The number of ether oxygens (including phenoxy) is 1. The molecule has 2 aliphatic rings. The van der Waals surface area contributed by atoms with Crippen LogP contribution in [0.2, 0.25) is 0 Å². The van der Waals surface area contributed by atoms with Gasteiger partial charge < -0.3 is 30.8 Å². The summed E-state index contributed by atoms with van der Waals surface area (Å²) in [7, 11) is 0. The second kappa shape index (κ2) is 13.9. The summed E-state index contributed by atoms with van der Waals surface area (Å²) < 4.78 is 5.81. The monoisotopic (exact) mass is 529 g/mol. The lowest BCUT2D eigenvalue weighted by atomic mass is 10.1. The number of hydrogen-bond acceptors (Lipinski definition) is 7. The maximum atomic E-state index is 11.3. The van der Waals surface area contributed by atoms with Crippen LogP contribution >= 0.6 is 0 Å². The summed E-state index contributed by atoms with van der Waals surface area (Å²) in [6, 6.07) is 19.4. The molecular weight excluding hydrogens is 494 g/mol. The number of carboxylic acids is 1. The molecule has 0 radical (unpaired) electrons. The number of benzene rings is 2. The molecule has 0 aliphatic carbocycles. The smallest absolute Gasteiger partial charge is 0.305 e. The van der Waals surface area contributed by atoms with Crippen molar-refractivity contribution in [2.75, 3.05) is 41.8 Å². The number of para-hydroxylation sites is 1. The molecular formula is C30H35N5O4. The van der Waals surface area contributed by atoms with E-state index in [1.54, 1.807) is 12.1 Å². The van der Waals surface area contributed by atoms with E-state index < -0.39 is 5.97 Å². The zero-order chi connectivity index (χ0) is 27.5. The first-order valence-electron chi connectivity index (χ1n) is 13.3. The fourth-order valence-corrected chi connectivity index (χ4v) is 4.53. The number of carbonyl (C=O) groups excluding carboxylic acids is 1. The largest absolute Gasteiger partial charge is 0.493 e. The highest BCUT2D eigenvalue weighted by molar-refractivity contribution is 5.95. The van der Waals surface area contributed by atoms with Crippen LogP contribution in [-0.2, 0) is 22.4 Å². The molecule has 1 fully saturated rings. The first kappa shape index (κ1) is 27.6. The molecule has 3 aromatic rings. The molecule has 2 aromatic carbocycles. The topological polar surface area (TPSA) is 128 Å². The maximum Gasteiger partial charge on any atom is 0.305 e. The van der Waals surface area contributed by atoms with Gasteiger partial charge in [0.25, 0.3) is 0 Å². The normalized spacial score (nSPS) is 13.9. The molecule has 204 valence electrons. The van der Waals surface area contributed by atoms with Crippen molar-refractivity contribution in [2.45, 2.75) is 38.5 Å². The summed E-state index contributed by atoms with van der Waals surface area (Å²) >= 11 is 0. The second-order valence-corrected chi connectivity index (χ2v) is 9.39. The molecule has 2 aliphatic heterocycles. The maximum absolute atomic E-state index is 11.3. The van der Waals surface area contributed by atoms with Crippen molar-refractivity contribution < 1.29 is 19.4 Å². The van der Waals surface area contributed by atoms with Crippen LogP contribution in [0.1, 0.15) is 42.5 Å². The van der Waals surface area contributed by atoms with Crippen molar-refractivity contribution in [1.29, 1.82) is 5.41 Å². The van der Waals surface area contributed by atoms with Crippen molar-refractivity contribution in [3.63, 3.8) is 0 Å². The summed E-state index contributed by atoms with van der Waals surface area (Å²) in [6.45, 7) is 2.66. The number of hydrogen-bond donors (Lipinski definition) is 4. The Labute approximate surface area is 228 Å². The Morgan fingerprint density at radius 3 is 2.72 bits per heavy atom. The average molecular weight is 530 g/mol. The minimum atomic E-state index is -0.857. The number of aliphatic carboxylic acids is 1. The third-order valence-corrected chi connectivity index (χ3v) is 6.55. The van der Waals surface area contributed by atoms with Gasteiger partial charge in [-0.2, -0.15) is 0 Å². The number of aromatic nitrogens is 1. The van der Waals surface area contributed by atoms with Gasteiger partial charge in [-0.25, -0.2) is 4.98 Å². The van der Waals surface area contributed by atoms with Crippen molar-refractivity contribution in [3.8, 4) is 5.75 Å². The molecule has 1 aromatic heterocycles. The van der Waals surface area contributed by atoms with Gasteiger partial charge in [-0.3, -0.25) is 9.59 Å². The molecule has 9 heteroatoms. The molecule has 0 unspecified atom stereocenters. The number of anilines is 3. The van der Waals surface area contributed by atoms with Gasteiger partial charge >= 0.3 is 5.97 Å². The van der Waals surface area contributed by atoms with Crippen molar-refractivity contribution in [2.24, 2.45) is 0 Å². The molecule has 0 spiro atoms. The van der Waals surface area contributed by atoms with Crippen molar-refractivity contribution in [1.82, 2.24) is 4.98 Å². The van der Waals surface area contributed by atoms with Crippen LogP contribution in [-0.4, -0.2) is 54.4 Å². The van der Waals surface area contributed by atoms with Crippen LogP contribution in [0.5, 0.6) is 5.75 Å². The minimum Gasteiger partial charge on any atom is -0.493 e. The minimum absolute atomic E-state index is 0.0261. The summed E-state index contributed by atoms with van der Waals surface area (Å²) in [5.74, 6) is 1.06. The lowest BCUT2D eigenvalue weighted by Crippen LogP contribution is -2.23. The number of pyridine rings is 1. The molecule has 3 heterocycles. The summed E-state index contributed by atoms with van der Waals surface area (Å²) in [4.78, 5) is 28.4. The molecule has 9 nitrogen and oxygen atoms in total. The van der Waals surface area contributed by atoms with E-state index in [4.69, 9.17) is 15.3 Å². The second-order valence-electron chi connectivity index (χ2n) is 9.39. The van der Waals surface area contributed by atoms with Crippen LogP contribution in [0.15, 0.2) is 60.7 Å². The van der Waals surface area contributed by atoms with Gasteiger partial charge in [0.1, 0.15) is 11.6 Å². The van der Waals surface area contributed by atoms with E-state index in [0.29, 0.717) is 37.3 Å². The van der Waals surface area contributed by atoms with Gasteiger partial charge in [0.15, 0.2) is 0 Å². The quantitative estimate of drug-likeness (QED) is 0.279. The molecule has 1 amide bonds. The zero-order valence-corrected chi connectivity index (χ0v) is 22.0. The molecule has 39 heavy (non-hydrogen) atoms. The fraction of sp³-hybridized carbons (Fsp3) is 0.333. The Bertz CT molecular complexity index is 1280. The van der Waals surface area contributed by atoms with E-state index in [1.165, 1.54) is 11.8 Å². The van der Waals surface area contributed by atoms with Crippen LogP contribution in [0.4, 0.5) is 17.2 Å². The van der Waals surface area contributed by atoms with Gasteiger partial charge in [-0.1, -0.05) is 24.3 Å². The van der Waals surface area contributed by atoms with Crippen molar-refractivity contribution in [3.05, 3.63) is 77.5 Å². The number of amides is 1. The third-order valence-electron chi connectivity index (χ3n) is 6.55. The van der Waals surface area contributed by atoms with Gasteiger partial charge in [-0.05, 0) is 61.2 Å². The molecule has 0 saturated carbocycles. The summed E-state index contributed by atoms with van der Waals surface area (Å²) in [5.41, 5.74) is 4.67. The standard InChI is InChI=1S/C20H24N4O3.C10H11NO/c21-13-15-12-17(5-6-18(15)22-10-7-19(25)26)27-11-8-16-4-3-14-2-1-9-23-20(14)24-16;12-10-7-4-8-11(10)9-5-2-1-3-6-9/h3-6,12-13,21-22H,1-2,7-11H2,(H,23,24)(H,25,26);1-3,5-6H,4,7-8H2. The van der Waals surface area contributed by atoms with Crippen LogP contribution in [0.3, 0.4) is 0 Å². The molecule has 0 atom stereocenters. The first-order chi connectivity index (χ1) is 19.0. The van der Waals surface area contributed by atoms with Crippen LogP contribution in [0, 0.1) is 5.41 Å². The Hall–Kier alpha value is -4.40. The van der Waals surface area contributed by atoms with Crippen molar-refractivity contribution >= 4 is 35.3 Å². The third kappa shape index (κ3) is 8.04. The average Bonchev–Trinajstić information content (AvgIpc) is 3.40. The zero-order valence-electron chi connectivity index (χ0n) is 22.0. The number of nitrogens with zero attached hydrogens (tertiary/aromatic N) is 2. The highest BCUT2D eigenvalue weighted by Crippen LogP contribution is 2.23. The van der Waals surface area contributed by atoms with Gasteiger partial charge in [0.05, 0.1) is 13.0 Å². The molecule has 5 rings (SSSR count). The summed E-state index contributed by atoms with van der Waals surface area (Å²) in [6.07, 6.45) is 5.88. The fourth-order valence-electron chi connectivity index (χ4n) is 4.53. The predicted octanol–water partition coefficient (Wildman–Crippen LogP) is 4.76. The molecule has 0 bridgehead atoms. The van der Waals surface area contributed by atoms with Crippen LogP contribution in [0.25, 0.3) is 0 Å². The number of nitrogens with one attached hydrogen (secondary N) is 3. The van der Waals surface area contributed by atoms with Gasteiger partial charge in [0.2, 0.25) is 5.91 Å². The lowest BCUT2D eigenvalue weighted by Gasteiger charge is -2.17. The highest BCUT2D eigenvalue weighted by Gasteiger charge is 2.20. The summed E-state index contributed by atoms with van der Waals surface area (Å²) in [5, 5.41) is 22.6. The predicted molar refractivity (Wildman–Crippen MR) is 153 cm³/mol. The number of aryl methyl sites for hydroxylation is 1. The van der Waals surface area contributed by atoms with E-state index in [2.05, 4.69) is 21.7 Å². The molecule has 1 saturated heterocycles. The Kier molecular flexibility index (Phi) is 9.88. The SMILES string of the molecule is N=Cc1cc(OCCc2ccc3c(n2)NCCC3)ccc1NCCC(=O)O.O=C1CCCN1c1ccccc1. The Balaban J connectivity index is 0.000000243. The van der Waals surface area contributed by atoms with Crippen LogP contribution < -0.4 is 20.3 Å². The Morgan fingerprint density at radius 1 is 1.13 bits per heavy atom. The molecule has 4 N–H and O–H groups in total. The first-order valence-corrected chi connectivity index (χ1v) is 13.3.